The van der Waals surface area contributed by atoms with Crippen molar-refractivity contribution >= 4 is 17.5 Å². The Hall–Kier alpha value is -4.13. The first-order valence-corrected chi connectivity index (χ1v) is 14.3. The minimum atomic E-state index is -0.994. The lowest BCUT2D eigenvalue weighted by molar-refractivity contribution is -0.129. The molecule has 0 aromatic carbocycles. The maximum atomic E-state index is 11.8. The Bertz CT molecular complexity index is 1140. The van der Waals surface area contributed by atoms with Gasteiger partial charge in [0.15, 0.2) is 11.6 Å². The van der Waals surface area contributed by atoms with Crippen molar-refractivity contribution in [2.75, 3.05) is 0 Å². The molecule has 1 aliphatic rings. The lowest BCUT2D eigenvalue weighted by Crippen LogP contribution is -2.41. The number of unbranched alkanes of at least 4 members (excludes halogenated alkanes) is 1. The third-order valence-corrected chi connectivity index (χ3v) is 6.38. The van der Waals surface area contributed by atoms with Crippen LogP contribution in [0.25, 0.3) is 0 Å². The maximum absolute atomic E-state index is 11.8. The van der Waals surface area contributed by atoms with Crippen molar-refractivity contribution in [2.24, 2.45) is 11.8 Å². The van der Waals surface area contributed by atoms with Gasteiger partial charge in [-0.1, -0.05) is 142 Å². The Balaban J connectivity index is 2.26. The fourth-order valence-corrected chi connectivity index (χ4v) is 3.82. The summed E-state index contributed by atoms with van der Waals surface area (Å²) in [5.74, 6) is -1.32. The monoisotopic (exact) mass is 571 g/mol. The Morgan fingerprint density at radius 1 is 0.762 bits per heavy atom. The van der Waals surface area contributed by atoms with Crippen molar-refractivity contribution < 1.29 is 24.6 Å². The summed E-state index contributed by atoms with van der Waals surface area (Å²) in [5, 5.41) is 23.4. The standard InChI is InChI=1S/C36H45NO5/c1-4-5-6-7-8-16-19-22-25-31(38)30(3)36(42)29(2)24-21-18-15-13-11-9-10-12-14-17-20-23-26-34(41)37-35-32(39)27-28-33(35)40/h4-14,16-17,19-26,29-31,35-36,38,42H,1,15,18,27-28H2,2-3H3,(H,37,41)/b6-5?,8-7?,10-9+,13-11?,14-12+,19-16?,20-17?,24-21?,25-22?,26-23?. The minimum Gasteiger partial charge on any atom is -0.392 e. The second-order valence-electron chi connectivity index (χ2n) is 9.80. The molecule has 0 aliphatic heterocycles. The van der Waals surface area contributed by atoms with Gasteiger partial charge in [0.25, 0.3) is 0 Å². The van der Waals surface area contributed by atoms with Crippen LogP contribution in [0.5, 0.6) is 0 Å². The van der Waals surface area contributed by atoms with Gasteiger partial charge in [-0.25, -0.2) is 0 Å². The molecule has 0 aromatic rings. The first-order chi connectivity index (χ1) is 20.3. The highest BCUT2D eigenvalue weighted by Crippen LogP contribution is 2.19. The van der Waals surface area contributed by atoms with E-state index in [-0.39, 0.29) is 36.2 Å². The number of hydrogen-bond acceptors (Lipinski definition) is 5. The van der Waals surface area contributed by atoms with E-state index >= 15 is 0 Å². The molecule has 224 valence electrons. The summed E-state index contributed by atoms with van der Waals surface area (Å²) < 4.78 is 0. The molecular weight excluding hydrogens is 526 g/mol. The van der Waals surface area contributed by atoms with E-state index in [9.17, 15) is 24.6 Å². The SMILES string of the molecule is C=CC=CC=CC=CC=CC(O)C(C)C(O)C(C)C=CCCC=C/C=C/C=C/C=CC=CC(=O)NC1C(=O)CCC1=O. The Morgan fingerprint density at radius 2 is 1.26 bits per heavy atom. The highest BCUT2D eigenvalue weighted by Gasteiger charge is 2.33. The van der Waals surface area contributed by atoms with E-state index in [1.807, 2.05) is 86.8 Å². The Labute approximate surface area is 251 Å². The van der Waals surface area contributed by atoms with Crippen LogP contribution in [0.15, 0.2) is 134 Å². The molecule has 6 nitrogen and oxygen atoms in total. The predicted molar refractivity (Wildman–Crippen MR) is 172 cm³/mol. The third-order valence-electron chi connectivity index (χ3n) is 6.38. The topological polar surface area (TPSA) is 104 Å². The number of aliphatic hydroxyl groups excluding tert-OH is 2. The zero-order valence-electron chi connectivity index (χ0n) is 24.7. The maximum Gasteiger partial charge on any atom is 0.244 e. The van der Waals surface area contributed by atoms with Crippen LogP contribution >= 0.6 is 0 Å². The van der Waals surface area contributed by atoms with Crippen LogP contribution in [0.4, 0.5) is 0 Å². The van der Waals surface area contributed by atoms with Crippen LogP contribution < -0.4 is 5.32 Å². The average molecular weight is 572 g/mol. The number of nitrogens with one attached hydrogen (secondary N) is 1. The molecule has 0 radical (unpaired) electrons. The molecular formula is C36H45NO5. The summed E-state index contributed by atoms with van der Waals surface area (Å²) in [6.45, 7) is 7.39. The molecule has 1 saturated carbocycles. The first kappa shape index (κ1) is 35.9. The van der Waals surface area contributed by atoms with E-state index in [0.717, 1.165) is 12.8 Å². The van der Waals surface area contributed by atoms with Gasteiger partial charge in [-0.3, -0.25) is 14.4 Å². The second kappa shape index (κ2) is 22.5. The highest BCUT2D eigenvalue weighted by molar-refractivity contribution is 6.14. The number of rotatable bonds is 18. The van der Waals surface area contributed by atoms with Crippen LogP contribution in [0.1, 0.15) is 39.5 Å². The molecule has 0 aromatic heterocycles. The molecule has 1 fully saturated rings. The molecule has 1 amide bonds. The van der Waals surface area contributed by atoms with Gasteiger partial charge in [0.1, 0.15) is 6.04 Å². The second-order valence-corrected chi connectivity index (χ2v) is 9.80. The van der Waals surface area contributed by atoms with Gasteiger partial charge in [0.05, 0.1) is 12.2 Å². The normalized spacial score (nSPS) is 18.8. The van der Waals surface area contributed by atoms with Crippen molar-refractivity contribution in [1.29, 1.82) is 0 Å². The fourth-order valence-electron chi connectivity index (χ4n) is 3.82. The van der Waals surface area contributed by atoms with Gasteiger partial charge in [0.2, 0.25) is 5.91 Å². The number of Topliss-reactive ketones (excluding diaryl/α,β-unsaturated/α-hetero) is 2. The molecule has 3 N–H and O–H groups in total. The average Bonchev–Trinajstić information content (AvgIpc) is 3.29. The summed E-state index contributed by atoms with van der Waals surface area (Å²) in [5.41, 5.74) is 0. The van der Waals surface area contributed by atoms with Crippen LogP contribution in [0.2, 0.25) is 0 Å². The van der Waals surface area contributed by atoms with Gasteiger partial charge >= 0.3 is 0 Å². The number of carbonyl (C=O) groups excluding carboxylic acids is 3. The van der Waals surface area contributed by atoms with Crippen molar-refractivity contribution in [2.45, 2.75) is 57.8 Å². The molecule has 42 heavy (non-hydrogen) atoms. The molecule has 0 saturated heterocycles. The molecule has 0 spiro atoms. The zero-order chi connectivity index (χ0) is 31.0. The Morgan fingerprint density at radius 3 is 1.86 bits per heavy atom. The summed E-state index contributed by atoms with van der Waals surface area (Å²) in [6.07, 6.45) is 38.9. The predicted octanol–water partition coefficient (Wildman–Crippen LogP) is 5.93. The summed E-state index contributed by atoms with van der Waals surface area (Å²) in [7, 11) is 0. The van der Waals surface area contributed by atoms with Crippen molar-refractivity contribution in [3.05, 3.63) is 134 Å². The van der Waals surface area contributed by atoms with Crippen molar-refractivity contribution in [1.82, 2.24) is 5.32 Å². The molecule has 1 aliphatic carbocycles. The van der Waals surface area contributed by atoms with Crippen LogP contribution in [-0.4, -0.2) is 45.9 Å². The summed E-state index contributed by atoms with van der Waals surface area (Å²) in [4.78, 5) is 34.8. The van der Waals surface area contributed by atoms with Crippen molar-refractivity contribution in [3.63, 3.8) is 0 Å². The quantitative estimate of drug-likeness (QED) is 0.0623. The highest BCUT2D eigenvalue weighted by atomic mass is 16.3. The van der Waals surface area contributed by atoms with Crippen LogP contribution in [0, 0.1) is 11.8 Å². The van der Waals surface area contributed by atoms with Crippen molar-refractivity contribution in [3.8, 4) is 0 Å². The zero-order valence-corrected chi connectivity index (χ0v) is 24.7. The van der Waals surface area contributed by atoms with Gasteiger partial charge in [-0.2, -0.15) is 0 Å². The molecule has 1 rings (SSSR count). The van der Waals surface area contributed by atoms with E-state index in [2.05, 4.69) is 24.0 Å². The summed E-state index contributed by atoms with van der Waals surface area (Å²) in [6, 6.07) is -0.994. The minimum absolute atomic E-state index is 0.0785. The fraction of sp³-hybridized carbons (Fsp3) is 0.306. The summed E-state index contributed by atoms with van der Waals surface area (Å²) >= 11 is 0. The molecule has 0 heterocycles. The van der Waals surface area contributed by atoms with E-state index in [4.69, 9.17) is 0 Å². The van der Waals surface area contributed by atoms with Gasteiger partial charge in [0, 0.05) is 30.8 Å². The van der Waals surface area contributed by atoms with E-state index in [0.29, 0.717) is 0 Å². The third kappa shape index (κ3) is 16.2. The van der Waals surface area contributed by atoms with Crippen LogP contribution in [-0.2, 0) is 14.4 Å². The number of amides is 1. The molecule has 4 atom stereocenters. The van der Waals surface area contributed by atoms with Gasteiger partial charge in [-0.05, 0) is 12.8 Å². The number of allylic oxidation sites excluding steroid dienone is 18. The van der Waals surface area contributed by atoms with Crippen LogP contribution in [0.3, 0.4) is 0 Å². The van der Waals surface area contributed by atoms with Gasteiger partial charge < -0.3 is 15.5 Å². The number of carbonyl (C=O) groups is 3. The first-order valence-electron chi connectivity index (χ1n) is 14.3. The number of hydrogen-bond donors (Lipinski definition) is 3. The lowest BCUT2D eigenvalue weighted by Gasteiger charge is -2.25. The molecule has 4 unspecified atom stereocenters. The van der Waals surface area contributed by atoms with Gasteiger partial charge in [-0.15, -0.1) is 0 Å². The number of ketones is 2. The van der Waals surface area contributed by atoms with E-state index in [1.165, 1.54) is 6.08 Å². The molecule has 0 bridgehead atoms. The largest absolute Gasteiger partial charge is 0.392 e. The number of aliphatic hydroxyl groups is 2. The molecule has 6 heteroatoms. The Kier molecular flexibility index (Phi) is 19.3. The van der Waals surface area contributed by atoms with E-state index in [1.54, 1.807) is 36.5 Å². The smallest absolute Gasteiger partial charge is 0.244 e. The lowest BCUT2D eigenvalue weighted by atomic mass is 9.88. The van der Waals surface area contributed by atoms with E-state index < -0.39 is 24.2 Å².